The first kappa shape index (κ1) is 14.6. The second kappa shape index (κ2) is 5.70. The minimum Gasteiger partial charge on any atom is -0.384 e. The van der Waals surface area contributed by atoms with Crippen LogP contribution in [0.3, 0.4) is 0 Å². The van der Waals surface area contributed by atoms with E-state index < -0.39 is 0 Å². The molecule has 2 rings (SSSR count). The minimum atomic E-state index is 0.199. The standard InChI is InChI=1S/C17H25N3/c1-5-15-19-14(11-17(2,3)4)16(18)20(15)12-13-9-7-6-8-10-13/h6-10H,5,11-12,18H2,1-4H3. The average Bonchev–Trinajstić information content (AvgIpc) is 2.66. The van der Waals surface area contributed by atoms with Crippen LogP contribution in [0.15, 0.2) is 30.3 Å². The smallest absolute Gasteiger partial charge is 0.127 e. The number of anilines is 1. The number of aryl methyl sites for hydroxylation is 1. The molecule has 1 aromatic heterocycles. The van der Waals surface area contributed by atoms with Gasteiger partial charge in [-0.25, -0.2) is 4.98 Å². The Balaban J connectivity index is 2.32. The van der Waals surface area contributed by atoms with Gasteiger partial charge in [-0.15, -0.1) is 0 Å². The number of hydrogen-bond donors (Lipinski definition) is 1. The molecule has 0 unspecified atom stereocenters. The maximum absolute atomic E-state index is 6.34. The molecule has 0 atom stereocenters. The first-order valence-electron chi connectivity index (χ1n) is 7.28. The van der Waals surface area contributed by atoms with E-state index in [1.165, 1.54) is 5.56 Å². The van der Waals surface area contributed by atoms with Crippen LogP contribution in [0.1, 0.15) is 44.8 Å². The molecule has 0 saturated carbocycles. The van der Waals surface area contributed by atoms with Gasteiger partial charge in [0.2, 0.25) is 0 Å². The monoisotopic (exact) mass is 271 g/mol. The number of benzene rings is 1. The first-order valence-corrected chi connectivity index (χ1v) is 7.28. The van der Waals surface area contributed by atoms with E-state index in [0.29, 0.717) is 0 Å². The minimum absolute atomic E-state index is 0.199. The topological polar surface area (TPSA) is 43.8 Å². The van der Waals surface area contributed by atoms with Gasteiger partial charge in [0.1, 0.15) is 11.6 Å². The van der Waals surface area contributed by atoms with E-state index in [4.69, 9.17) is 10.7 Å². The van der Waals surface area contributed by atoms with Gasteiger partial charge in [-0.2, -0.15) is 0 Å². The molecule has 0 amide bonds. The van der Waals surface area contributed by atoms with E-state index in [1.807, 2.05) is 6.07 Å². The van der Waals surface area contributed by atoms with Gasteiger partial charge in [0, 0.05) is 6.42 Å². The van der Waals surface area contributed by atoms with E-state index >= 15 is 0 Å². The van der Waals surface area contributed by atoms with Gasteiger partial charge in [0.15, 0.2) is 0 Å². The summed E-state index contributed by atoms with van der Waals surface area (Å²) >= 11 is 0. The van der Waals surface area contributed by atoms with Crippen molar-refractivity contribution in [1.82, 2.24) is 9.55 Å². The molecule has 1 aromatic carbocycles. The van der Waals surface area contributed by atoms with Gasteiger partial charge in [0.05, 0.1) is 12.2 Å². The quantitative estimate of drug-likeness (QED) is 0.922. The van der Waals surface area contributed by atoms with Crippen LogP contribution in [0.4, 0.5) is 5.82 Å². The Morgan fingerprint density at radius 2 is 1.80 bits per heavy atom. The number of rotatable bonds is 4. The van der Waals surface area contributed by atoms with Crippen molar-refractivity contribution < 1.29 is 0 Å². The van der Waals surface area contributed by atoms with E-state index in [0.717, 1.165) is 36.7 Å². The van der Waals surface area contributed by atoms with Gasteiger partial charge < -0.3 is 10.3 Å². The summed E-state index contributed by atoms with van der Waals surface area (Å²) in [6.45, 7) is 9.58. The van der Waals surface area contributed by atoms with Crippen LogP contribution in [0.5, 0.6) is 0 Å². The molecule has 0 saturated heterocycles. The molecule has 0 aliphatic rings. The Morgan fingerprint density at radius 1 is 1.15 bits per heavy atom. The summed E-state index contributed by atoms with van der Waals surface area (Å²) in [5.74, 6) is 1.89. The van der Waals surface area contributed by atoms with Crippen molar-refractivity contribution in [1.29, 1.82) is 0 Å². The van der Waals surface area contributed by atoms with Crippen LogP contribution in [-0.2, 0) is 19.4 Å². The molecule has 0 spiro atoms. The van der Waals surface area contributed by atoms with Crippen LogP contribution in [-0.4, -0.2) is 9.55 Å². The van der Waals surface area contributed by atoms with Crippen molar-refractivity contribution >= 4 is 5.82 Å². The number of aromatic nitrogens is 2. The molecule has 3 nitrogen and oxygen atoms in total. The highest BCUT2D eigenvalue weighted by Gasteiger charge is 2.19. The second-order valence-electron chi connectivity index (χ2n) is 6.52. The highest BCUT2D eigenvalue weighted by Crippen LogP contribution is 2.25. The van der Waals surface area contributed by atoms with Gasteiger partial charge in [-0.3, -0.25) is 0 Å². The zero-order valence-corrected chi connectivity index (χ0v) is 13.0. The Labute approximate surface area is 121 Å². The molecule has 2 N–H and O–H groups in total. The predicted octanol–water partition coefficient (Wildman–Crippen LogP) is 3.66. The van der Waals surface area contributed by atoms with Gasteiger partial charge >= 0.3 is 0 Å². The molecule has 0 radical (unpaired) electrons. The van der Waals surface area contributed by atoms with Crippen LogP contribution in [0.25, 0.3) is 0 Å². The van der Waals surface area contributed by atoms with Crippen LogP contribution < -0.4 is 5.73 Å². The summed E-state index contributed by atoms with van der Waals surface area (Å²) in [7, 11) is 0. The Morgan fingerprint density at radius 3 is 2.35 bits per heavy atom. The molecule has 0 fully saturated rings. The number of hydrogen-bond acceptors (Lipinski definition) is 2. The molecule has 2 aromatic rings. The zero-order chi connectivity index (χ0) is 14.8. The Bertz CT molecular complexity index is 562. The number of nitrogen functional groups attached to an aromatic ring is 1. The molecule has 108 valence electrons. The molecular formula is C17H25N3. The lowest BCUT2D eigenvalue weighted by Gasteiger charge is -2.16. The highest BCUT2D eigenvalue weighted by molar-refractivity contribution is 5.40. The van der Waals surface area contributed by atoms with Gasteiger partial charge in [0.25, 0.3) is 0 Å². The highest BCUT2D eigenvalue weighted by atomic mass is 15.1. The molecule has 1 heterocycles. The Hall–Kier alpha value is -1.77. The lowest BCUT2D eigenvalue weighted by Crippen LogP contribution is -2.12. The number of nitrogens with two attached hydrogens (primary N) is 1. The van der Waals surface area contributed by atoms with Gasteiger partial charge in [-0.05, 0) is 17.4 Å². The summed E-state index contributed by atoms with van der Waals surface area (Å²) in [6, 6.07) is 10.4. The number of imidazole rings is 1. The lowest BCUT2D eigenvalue weighted by molar-refractivity contribution is 0.407. The third-order valence-corrected chi connectivity index (χ3v) is 3.36. The van der Waals surface area contributed by atoms with E-state index in [-0.39, 0.29) is 5.41 Å². The predicted molar refractivity (Wildman–Crippen MR) is 84.7 cm³/mol. The summed E-state index contributed by atoms with van der Waals surface area (Å²) in [6.07, 6.45) is 1.81. The van der Waals surface area contributed by atoms with Crippen molar-refractivity contribution in [2.24, 2.45) is 5.41 Å². The van der Waals surface area contributed by atoms with Crippen molar-refractivity contribution in [3.05, 3.63) is 47.4 Å². The Kier molecular flexibility index (Phi) is 4.17. The van der Waals surface area contributed by atoms with Crippen molar-refractivity contribution in [3.8, 4) is 0 Å². The molecule has 20 heavy (non-hydrogen) atoms. The molecular weight excluding hydrogens is 246 g/mol. The number of nitrogens with zero attached hydrogens (tertiary/aromatic N) is 2. The van der Waals surface area contributed by atoms with Crippen LogP contribution >= 0.6 is 0 Å². The largest absolute Gasteiger partial charge is 0.384 e. The first-order chi connectivity index (χ1) is 9.40. The lowest BCUT2D eigenvalue weighted by atomic mass is 9.90. The normalized spacial score (nSPS) is 11.8. The van der Waals surface area contributed by atoms with Crippen molar-refractivity contribution in [3.63, 3.8) is 0 Å². The van der Waals surface area contributed by atoms with Crippen LogP contribution in [0, 0.1) is 5.41 Å². The summed E-state index contributed by atoms with van der Waals surface area (Å²) in [4.78, 5) is 4.75. The molecule has 3 heteroatoms. The summed E-state index contributed by atoms with van der Waals surface area (Å²) in [5.41, 5.74) is 8.83. The maximum atomic E-state index is 6.34. The third kappa shape index (κ3) is 3.41. The third-order valence-electron chi connectivity index (χ3n) is 3.36. The van der Waals surface area contributed by atoms with Gasteiger partial charge in [-0.1, -0.05) is 58.0 Å². The van der Waals surface area contributed by atoms with E-state index in [2.05, 4.69) is 56.5 Å². The fraction of sp³-hybridized carbons (Fsp3) is 0.471. The molecule has 0 aliphatic heterocycles. The summed E-state index contributed by atoms with van der Waals surface area (Å²) in [5, 5.41) is 0. The molecule has 0 aliphatic carbocycles. The van der Waals surface area contributed by atoms with Crippen LogP contribution in [0.2, 0.25) is 0 Å². The fourth-order valence-electron chi connectivity index (χ4n) is 2.41. The SMILES string of the molecule is CCc1nc(CC(C)(C)C)c(N)n1Cc1ccccc1. The van der Waals surface area contributed by atoms with Crippen molar-refractivity contribution in [2.45, 2.75) is 47.1 Å². The van der Waals surface area contributed by atoms with E-state index in [9.17, 15) is 0 Å². The maximum Gasteiger partial charge on any atom is 0.127 e. The zero-order valence-electron chi connectivity index (χ0n) is 13.0. The average molecular weight is 271 g/mol. The van der Waals surface area contributed by atoms with Crippen molar-refractivity contribution in [2.75, 3.05) is 5.73 Å². The summed E-state index contributed by atoms with van der Waals surface area (Å²) < 4.78 is 2.15. The van der Waals surface area contributed by atoms with E-state index in [1.54, 1.807) is 0 Å². The fourth-order valence-corrected chi connectivity index (χ4v) is 2.41. The molecule has 0 bridgehead atoms. The second-order valence-corrected chi connectivity index (χ2v) is 6.52.